The number of rotatable bonds is 7. The van der Waals surface area contributed by atoms with Gasteiger partial charge >= 0.3 is 24.5 Å². The van der Waals surface area contributed by atoms with Gasteiger partial charge in [0.1, 0.15) is 4.47 Å². The molecule has 2 rings (SSSR count). The number of halogens is 11. The monoisotopic (exact) mass is 689 g/mol. The number of alkyl halides is 9. The molecule has 1 unspecified atom stereocenters. The molecule has 1 aromatic carbocycles. The maximum Gasteiger partial charge on any atom is 0.434 e. The van der Waals surface area contributed by atoms with Crippen molar-refractivity contribution in [2.24, 2.45) is 0 Å². The molecule has 18 heteroatoms. The van der Waals surface area contributed by atoms with Crippen LogP contribution in [0.2, 0.25) is 0 Å². The van der Waals surface area contributed by atoms with Crippen molar-refractivity contribution in [3.8, 4) is 0 Å². The molecule has 7 nitrogen and oxygen atoms in total. The molecule has 0 spiro atoms. The van der Waals surface area contributed by atoms with E-state index < -0.39 is 80.2 Å². The van der Waals surface area contributed by atoms with Gasteiger partial charge < -0.3 is 9.47 Å². The van der Waals surface area contributed by atoms with Gasteiger partial charge in [-0.25, -0.2) is 9.78 Å². The molecule has 0 radical (unpaired) electrons. The predicted molar refractivity (Wildman–Crippen MR) is 120 cm³/mol. The topological polar surface area (TPSA) is 73.7 Å². The number of allylic oxidation sites excluding steroid dienone is 1. The number of ether oxygens (including phenoxy) is 2. The number of carbonyl (C=O) groups excluding carboxylic acids is 1. The first-order valence-electron chi connectivity index (χ1n) is 9.67. The third-order valence-corrected chi connectivity index (χ3v) is 6.24. The molecule has 1 aromatic heterocycles. The first kappa shape index (κ1) is 31.6. The zero-order chi connectivity index (χ0) is 29.4. The zero-order valence-electron chi connectivity index (χ0n) is 18.9. The second kappa shape index (κ2) is 11.3. The molecular weight excluding hydrogens is 677 g/mol. The van der Waals surface area contributed by atoms with Gasteiger partial charge in [0.15, 0.2) is 5.69 Å². The van der Waals surface area contributed by atoms with Crippen LogP contribution in [0.5, 0.6) is 0 Å². The number of carbonyl (C=O) groups is 1. The van der Waals surface area contributed by atoms with Crippen LogP contribution in [0.3, 0.4) is 0 Å². The summed E-state index contributed by atoms with van der Waals surface area (Å²) in [6.07, 6.45) is -17.5. The van der Waals surface area contributed by atoms with Crippen molar-refractivity contribution >= 4 is 49.5 Å². The van der Waals surface area contributed by atoms with Gasteiger partial charge in [-0.1, -0.05) is 6.08 Å². The highest BCUT2D eigenvalue weighted by atomic mass is 79.9. The minimum absolute atomic E-state index is 0.105. The lowest BCUT2D eigenvalue weighted by Crippen LogP contribution is -2.44. The highest BCUT2D eigenvalue weighted by Crippen LogP contribution is 2.46. The molecule has 0 bridgehead atoms. The Morgan fingerprint density at radius 2 is 1.63 bits per heavy atom. The summed E-state index contributed by atoms with van der Waals surface area (Å²) in [5.41, 5.74) is -8.31. The molecule has 0 aliphatic heterocycles. The Morgan fingerprint density at radius 1 is 1.05 bits per heavy atom. The van der Waals surface area contributed by atoms with Gasteiger partial charge in [-0.05, 0) is 44.0 Å². The Hall–Kier alpha value is -2.60. The van der Waals surface area contributed by atoms with Crippen LogP contribution in [0, 0.1) is 0 Å². The number of aromatic nitrogens is 2. The maximum absolute atomic E-state index is 13.7. The van der Waals surface area contributed by atoms with E-state index in [9.17, 15) is 49.1 Å². The summed E-state index contributed by atoms with van der Waals surface area (Å²) in [6.45, 7) is 2.68. The SMILES string of the molecule is C=CCn1c(N(c2cc(C(F)(F)F)cc(C(F)(F)F)c2Br)C(OC)C(=O)OC)nc(C(F)(F)F)c(Br)c1=O. The molecule has 0 fully saturated rings. The molecule has 0 saturated carbocycles. The van der Waals surface area contributed by atoms with Crippen molar-refractivity contribution in [3.05, 3.63) is 60.9 Å². The van der Waals surface area contributed by atoms with Crippen LogP contribution in [0.15, 0.2) is 38.5 Å². The van der Waals surface area contributed by atoms with Gasteiger partial charge in [-0.3, -0.25) is 14.3 Å². The molecule has 0 aliphatic carbocycles. The van der Waals surface area contributed by atoms with Crippen LogP contribution >= 0.6 is 31.9 Å². The first-order chi connectivity index (χ1) is 17.3. The van der Waals surface area contributed by atoms with Crippen molar-refractivity contribution < 1.29 is 53.8 Å². The average molecular weight is 691 g/mol. The maximum atomic E-state index is 13.7. The van der Waals surface area contributed by atoms with Gasteiger partial charge in [0.2, 0.25) is 12.2 Å². The molecule has 0 saturated heterocycles. The van der Waals surface area contributed by atoms with E-state index in [1.807, 2.05) is 0 Å². The van der Waals surface area contributed by atoms with Crippen LogP contribution in [0.25, 0.3) is 0 Å². The summed E-state index contributed by atoms with van der Waals surface area (Å²) in [6, 6.07) is -0.146. The summed E-state index contributed by atoms with van der Waals surface area (Å²) in [5, 5.41) is 0. The predicted octanol–water partition coefficient (Wildman–Crippen LogP) is 6.29. The number of anilines is 2. The molecule has 0 amide bonds. The summed E-state index contributed by atoms with van der Waals surface area (Å²) in [7, 11) is 1.53. The Bertz CT molecular complexity index is 1290. The molecule has 38 heavy (non-hydrogen) atoms. The number of benzene rings is 1. The molecule has 210 valence electrons. The number of esters is 1. The lowest BCUT2D eigenvalue weighted by atomic mass is 10.1. The van der Waals surface area contributed by atoms with Gasteiger partial charge in [0.05, 0.1) is 28.4 Å². The Morgan fingerprint density at radius 3 is 2.05 bits per heavy atom. The summed E-state index contributed by atoms with van der Waals surface area (Å²) in [4.78, 5) is 28.8. The highest BCUT2D eigenvalue weighted by Gasteiger charge is 2.44. The van der Waals surface area contributed by atoms with Gasteiger partial charge in [-0.15, -0.1) is 6.58 Å². The van der Waals surface area contributed by atoms with Crippen LogP contribution in [-0.4, -0.2) is 36.0 Å². The van der Waals surface area contributed by atoms with E-state index in [-0.39, 0.29) is 17.0 Å². The number of methoxy groups -OCH3 is 2. The third kappa shape index (κ3) is 6.33. The van der Waals surface area contributed by atoms with Crippen LogP contribution in [0.4, 0.5) is 51.1 Å². The second-order valence-corrected chi connectivity index (χ2v) is 8.70. The van der Waals surface area contributed by atoms with E-state index >= 15 is 0 Å². The molecule has 0 N–H and O–H groups in total. The fraction of sp³-hybridized carbons (Fsp3) is 0.350. The number of nitrogens with zero attached hydrogens (tertiary/aromatic N) is 3. The van der Waals surface area contributed by atoms with Gasteiger partial charge in [-0.2, -0.15) is 39.5 Å². The molecular formula is C20H14Br2F9N3O4. The molecule has 1 atom stereocenters. The van der Waals surface area contributed by atoms with Gasteiger partial charge in [0.25, 0.3) is 5.56 Å². The third-order valence-electron chi connectivity index (χ3n) is 4.70. The molecule has 1 heterocycles. The standard InChI is InChI=1S/C20H14Br2F9N3O4/c1-4-5-33-14(35)12(22)13(20(29,30)31)32-17(33)34(15(37-2)16(36)38-3)10-7-8(18(23,24)25)6-9(11(10)21)19(26,27)28/h4,6-7,15H,1,5H2,2-3H3. The smallest absolute Gasteiger partial charge is 0.434 e. The molecule has 2 aromatic rings. The molecule has 0 aliphatic rings. The van der Waals surface area contributed by atoms with E-state index in [2.05, 4.69) is 48.2 Å². The Kier molecular flexibility index (Phi) is 9.36. The lowest BCUT2D eigenvalue weighted by Gasteiger charge is -2.33. The fourth-order valence-electron chi connectivity index (χ4n) is 3.09. The van der Waals surface area contributed by atoms with E-state index in [1.165, 1.54) is 0 Å². The Labute approximate surface area is 224 Å². The van der Waals surface area contributed by atoms with E-state index in [0.29, 0.717) is 4.57 Å². The minimum atomic E-state index is -5.42. The van der Waals surface area contributed by atoms with Crippen LogP contribution < -0.4 is 10.5 Å². The van der Waals surface area contributed by atoms with Crippen molar-refractivity contribution in [2.75, 3.05) is 19.1 Å². The summed E-state index contributed by atoms with van der Waals surface area (Å²) >= 11 is 5.00. The quantitative estimate of drug-likeness (QED) is 0.147. The lowest BCUT2D eigenvalue weighted by molar-refractivity contribution is -0.151. The van der Waals surface area contributed by atoms with Crippen molar-refractivity contribution in [3.63, 3.8) is 0 Å². The minimum Gasteiger partial charge on any atom is -0.466 e. The largest absolute Gasteiger partial charge is 0.466 e. The average Bonchev–Trinajstić information content (AvgIpc) is 2.78. The Balaban J connectivity index is 3.23. The van der Waals surface area contributed by atoms with Crippen molar-refractivity contribution in [1.82, 2.24) is 9.55 Å². The van der Waals surface area contributed by atoms with E-state index in [1.54, 1.807) is 0 Å². The zero-order valence-corrected chi connectivity index (χ0v) is 22.0. The van der Waals surface area contributed by atoms with E-state index in [0.717, 1.165) is 20.3 Å². The van der Waals surface area contributed by atoms with Crippen LogP contribution in [-0.2, 0) is 39.3 Å². The van der Waals surface area contributed by atoms with Crippen LogP contribution in [0.1, 0.15) is 16.8 Å². The first-order valence-corrected chi connectivity index (χ1v) is 11.3. The normalized spacial score (nSPS) is 13.3. The number of hydrogen-bond donors (Lipinski definition) is 0. The second-order valence-electron chi connectivity index (χ2n) is 7.11. The van der Waals surface area contributed by atoms with Crippen molar-refractivity contribution in [1.29, 1.82) is 0 Å². The summed E-state index contributed by atoms with van der Waals surface area (Å²) < 4.78 is 131. The summed E-state index contributed by atoms with van der Waals surface area (Å²) in [5.74, 6) is -2.68. The number of hydrogen-bond acceptors (Lipinski definition) is 6. The van der Waals surface area contributed by atoms with Crippen molar-refractivity contribution in [2.45, 2.75) is 31.3 Å². The highest BCUT2D eigenvalue weighted by molar-refractivity contribution is 9.11. The fourth-order valence-corrected chi connectivity index (χ4v) is 4.26. The van der Waals surface area contributed by atoms with Gasteiger partial charge in [0, 0.05) is 13.7 Å². The van der Waals surface area contributed by atoms with E-state index in [4.69, 9.17) is 4.74 Å².